The highest BCUT2D eigenvalue weighted by Gasteiger charge is 2.22. The van der Waals surface area contributed by atoms with Gasteiger partial charge in [-0.15, -0.1) is 0 Å². The Labute approximate surface area is 197 Å². The highest BCUT2D eigenvalue weighted by Crippen LogP contribution is 2.38. The molecule has 0 spiro atoms. The molecule has 0 bridgehead atoms. The molecule has 1 atom stereocenters. The standard InChI is InChI=1S/C23H24ClNO4S2/c1-4-14(2)16-5-7-17(8-6-16)28-9-10-29-21-18(24)11-15(12-19(21)27-3)13-20-22(26)25-23(30)31-20/h5-8,11-14H,4,9-10H2,1-3H3,(H,25,26,30)/b20-13+/t14-/m0/s1. The first kappa shape index (κ1) is 23.4. The molecule has 2 aromatic rings. The number of halogens is 1. The molecule has 164 valence electrons. The van der Waals surface area contributed by atoms with Crippen LogP contribution in [0, 0.1) is 0 Å². The Kier molecular flexibility index (Phi) is 8.23. The molecule has 1 aliphatic heterocycles. The summed E-state index contributed by atoms with van der Waals surface area (Å²) in [6.45, 7) is 5.05. The number of carbonyl (C=O) groups excluding carboxylic acids is 1. The van der Waals surface area contributed by atoms with E-state index in [1.807, 2.05) is 12.1 Å². The monoisotopic (exact) mass is 477 g/mol. The minimum atomic E-state index is -0.222. The van der Waals surface area contributed by atoms with Crippen molar-refractivity contribution in [2.75, 3.05) is 20.3 Å². The summed E-state index contributed by atoms with van der Waals surface area (Å²) in [6, 6.07) is 11.6. The lowest BCUT2D eigenvalue weighted by molar-refractivity contribution is -0.115. The Hall–Kier alpha value is -2.22. The zero-order valence-corrected chi connectivity index (χ0v) is 20.0. The fourth-order valence-electron chi connectivity index (χ4n) is 2.97. The molecule has 8 heteroatoms. The maximum Gasteiger partial charge on any atom is 0.263 e. The number of benzene rings is 2. The normalized spacial score (nSPS) is 15.7. The van der Waals surface area contributed by atoms with E-state index in [0.29, 0.717) is 50.4 Å². The van der Waals surface area contributed by atoms with Crippen LogP contribution in [0.25, 0.3) is 6.08 Å². The van der Waals surface area contributed by atoms with Gasteiger partial charge in [-0.3, -0.25) is 4.79 Å². The van der Waals surface area contributed by atoms with Crippen molar-refractivity contribution in [2.45, 2.75) is 26.2 Å². The van der Waals surface area contributed by atoms with Gasteiger partial charge in [-0.1, -0.05) is 61.6 Å². The first-order valence-electron chi connectivity index (χ1n) is 9.89. The zero-order chi connectivity index (χ0) is 22.4. The van der Waals surface area contributed by atoms with E-state index in [1.165, 1.54) is 24.4 Å². The number of carbonyl (C=O) groups is 1. The summed E-state index contributed by atoms with van der Waals surface area (Å²) in [5, 5.41) is 2.97. The van der Waals surface area contributed by atoms with Gasteiger partial charge < -0.3 is 19.5 Å². The smallest absolute Gasteiger partial charge is 0.263 e. The Morgan fingerprint density at radius 2 is 1.90 bits per heavy atom. The topological polar surface area (TPSA) is 56.8 Å². The third-order valence-corrected chi connectivity index (χ3v) is 6.29. The van der Waals surface area contributed by atoms with Crippen LogP contribution in [-0.2, 0) is 4.79 Å². The second-order valence-corrected chi connectivity index (χ2v) is 9.09. The van der Waals surface area contributed by atoms with E-state index in [1.54, 1.807) is 18.2 Å². The molecule has 0 aliphatic carbocycles. The number of amides is 1. The van der Waals surface area contributed by atoms with Crippen molar-refractivity contribution in [3.8, 4) is 17.2 Å². The summed E-state index contributed by atoms with van der Waals surface area (Å²) >= 11 is 12.6. The van der Waals surface area contributed by atoms with Gasteiger partial charge in [0.05, 0.1) is 17.0 Å². The van der Waals surface area contributed by atoms with Crippen LogP contribution < -0.4 is 19.5 Å². The molecule has 2 aromatic carbocycles. The predicted molar refractivity (Wildman–Crippen MR) is 130 cm³/mol. The summed E-state index contributed by atoms with van der Waals surface area (Å²) in [7, 11) is 1.54. The third kappa shape index (κ3) is 6.15. The van der Waals surface area contributed by atoms with Gasteiger partial charge in [0.1, 0.15) is 23.3 Å². The molecule has 1 heterocycles. The van der Waals surface area contributed by atoms with Crippen molar-refractivity contribution in [3.63, 3.8) is 0 Å². The molecule has 31 heavy (non-hydrogen) atoms. The summed E-state index contributed by atoms with van der Waals surface area (Å²) in [6.07, 6.45) is 2.82. The molecule has 5 nitrogen and oxygen atoms in total. The SMILES string of the molecule is CC[C@H](C)c1ccc(OCCOc2c(Cl)cc(/C=C3/SC(=S)NC3=O)cc2OC)cc1. The molecule has 1 fully saturated rings. The highest BCUT2D eigenvalue weighted by molar-refractivity contribution is 8.26. The highest BCUT2D eigenvalue weighted by atomic mass is 35.5. The van der Waals surface area contributed by atoms with Crippen molar-refractivity contribution in [2.24, 2.45) is 0 Å². The van der Waals surface area contributed by atoms with E-state index in [4.69, 9.17) is 38.0 Å². The maximum absolute atomic E-state index is 11.9. The van der Waals surface area contributed by atoms with E-state index >= 15 is 0 Å². The minimum absolute atomic E-state index is 0.222. The van der Waals surface area contributed by atoms with Crippen molar-refractivity contribution in [1.82, 2.24) is 5.32 Å². The average Bonchev–Trinajstić information content (AvgIpc) is 3.08. The fourth-order valence-corrected chi connectivity index (χ4v) is 4.29. The Balaban J connectivity index is 1.60. The molecule has 0 saturated carbocycles. The first-order valence-corrected chi connectivity index (χ1v) is 11.5. The summed E-state index contributed by atoms with van der Waals surface area (Å²) in [5.41, 5.74) is 2.02. The van der Waals surface area contributed by atoms with Gasteiger partial charge in [0, 0.05) is 0 Å². The van der Waals surface area contributed by atoms with Gasteiger partial charge >= 0.3 is 0 Å². The van der Waals surface area contributed by atoms with Crippen LogP contribution in [-0.4, -0.2) is 30.6 Å². The number of rotatable bonds is 9. The Morgan fingerprint density at radius 3 is 2.52 bits per heavy atom. The van der Waals surface area contributed by atoms with Crippen LogP contribution >= 0.6 is 35.6 Å². The second-order valence-electron chi connectivity index (χ2n) is 6.96. The first-order chi connectivity index (χ1) is 14.9. The lowest BCUT2D eigenvalue weighted by Gasteiger charge is -2.14. The number of ether oxygens (including phenoxy) is 3. The Bertz CT molecular complexity index is 992. The van der Waals surface area contributed by atoms with Crippen LogP contribution in [0.5, 0.6) is 17.2 Å². The molecule has 3 rings (SSSR count). The van der Waals surface area contributed by atoms with Crippen molar-refractivity contribution in [3.05, 3.63) is 57.5 Å². The summed E-state index contributed by atoms with van der Waals surface area (Å²) in [4.78, 5) is 12.4. The van der Waals surface area contributed by atoms with Gasteiger partial charge in [0.2, 0.25) is 0 Å². The molecule has 1 amide bonds. The van der Waals surface area contributed by atoms with E-state index in [-0.39, 0.29) is 5.91 Å². The molecular formula is C23H24ClNO4S2. The van der Waals surface area contributed by atoms with E-state index < -0.39 is 0 Å². The number of nitrogens with one attached hydrogen (secondary N) is 1. The van der Waals surface area contributed by atoms with Crippen LogP contribution in [0.3, 0.4) is 0 Å². The minimum Gasteiger partial charge on any atom is -0.493 e. The van der Waals surface area contributed by atoms with Crippen LogP contribution in [0.2, 0.25) is 5.02 Å². The average molecular weight is 478 g/mol. The zero-order valence-electron chi connectivity index (χ0n) is 17.6. The number of methoxy groups -OCH3 is 1. The van der Waals surface area contributed by atoms with E-state index in [0.717, 1.165) is 12.2 Å². The molecule has 0 aromatic heterocycles. The lowest BCUT2D eigenvalue weighted by Crippen LogP contribution is -2.17. The molecular weight excluding hydrogens is 454 g/mol. The fraction of sp³-hybridized carbons (Fsp3) is 0.304. The number of hydrogen-bond donors (Lipinski definition) is 1. The van der Waals surface area contributed by atoms with Crippen LogP contribution in [0.15, 0.2) is 41.3 Å². The van der Waals surface area contributed by atoms with Gasteiger partial charge in [0.15, 0.2) is 11.5 Å². The number of thiocarbonyl (C=S) groups is 1. The third-order valence-electron chi connectivity index (χ3n) is 4.85. The van der Waals surface area contributed by atoms with Gasteiger partial charge in [0.25, 0.3) is 5.91 Å². The number of thioether (sulfide) groups is 1. The van der Waals surface area contributed by atoms with Crippen LogP contribution in [0.4, 0.5) is 0 Å². The molecule has 0 radical (unpaired) electrons. The maximum atomic E-state index is 11.9. The van der Waals surface area contributed by atoms with Crippen molar-refractivity contribution >= 4 is 51.9 Å². The Morgan fingerprint density at radius 1 is 1.19 bits per heavy atom. The summed E-state index contributed by atoms with van der Waals surface area (Å²) in [5.74, 6) is 2.01. The summed E-state index contributed by atoms with van der Waals surface area (Å²) < 4.78 is 17.4. The largest absolute Gasteiger partial charge is 0.493 e. The molecule has 1 aliphatic rings. The van der Waals surface area contributed by atoms with Crippen molar-refractivity contribution < 1.29 is 19.0 Å². The number of hydrogen-bond acceptors (Lipinski definition) is 6. The molecule has 1 saturated heterocycles. The van der Waals surface area contributed by atoms with Gasteiger partial charge in [-0.05, 0) is 53.8 Å². The van der Waals surface area contributed by atoms with Gasteiger partial charge in [-0.2, -0.15) is 0 Å². The predicted octanol–water partition coefficient (Wildman–Crippen LogP) is 5.81. The van der Waals surface area contributed by atoms with E-state index in [2.05, 4.69) is 31.3 Å². The second kappa shape index (κ2) is 10.9. The van der Waals surface area contributed by atoms with Crippen molar-refractivity contribution in [1.29, 1.82) is 0 Å². The van der Waals surface area contributed by atoms with E-state index in [9.17, 15) is 4.79 Å². The quantitative estimate of drug-likeness (QED) is 0.279. The molecule has 0 unspecified atom stereocenters. The van der Waals surface area contributed by atoms with Crippen LogP contribution in [0.1, 0.15) is 37.3 Å². The lowest BCUT2D eigenvalue weighted by atomic mass is 9.99. The van der Waals surface area contributed by atoms with Gasteiger partial charge in [-0.25, -0.2) is 0 Å². The molecule has 1 N–H and O–H groups in total.